The number of aliphatic hydroxyl groups excluding tert-OH is 1. The van der Waals surface area contributed by atoms with Gasteiger partial charge in [-0.05, 0) is 41.8 Å². The second-order valence-electron chi connectivity index (χ2n) is 11.1. The molecule has 4 N–H and O–H groups in total. The van der Waals surface area contributed by atoms with Gasteiger partial charge in [0.2, 0.25) is 0 Å². The van der Waals surface area contributed by atoms with Crippen LogP contribution in [0.4, 0.5) is 0 Å². The summed E-state index contributed by atoms with van der Waals surface area (Å²) in [5, 5.41) is 34.9. The maximum Gasteiger partial charge on any atom is 0.340 e. The molecule has 7 rings (SSSR count). The molecular weight excluding hydrogens is 558 g/mol. The first kappa shape index (κ1) is 29.0. The fraction of sp³-hybridized carbons (Fsp3) is 0.194. The second kappa shape index (κ2) is 11.9. The van der Waals surface area contributed by atoms with Gasteiger partial charge in [0.05, 0.1) is 5.56 Å². The van der Waals surface area contributed by atoms with Crippen LogP contribution in [0.2, 0.25) is 0 Å². The van der Waals surface area contributed by atoms with Gasteiger partial charge >= 0.3 is 5.97 Å². The van der Waals surface area contributed by atoms with Gasteiger partial charge in [0.1, 0.15) is 41.5 Å². The first-order chi connectivity index (χ1) is 21.3. The highest BCUT2D eigenvalue weighted by Crippen LogP contribution is 2.56. The molecule has 2 heterocycles. The van der Waals surface area contributed by atoms with E-state index in [4.69, 9.17) is 14.2 Å². The number of aromatic hydroxyl groups is 2. The molecule has 2 aliphatic heterocycles. The average Bonchev–Trinajstić information content (AvgIpc) is 3.31. The summed E-state index contributed by atoms with van der Waals surface area (Å²) < 4.78 is 17.5. The minimum Gasteiger partial charge on any atom is -0.508 e. The van der Waals surface area contributed by atoms with Crippen molar-refractivity contribution < 1.29 is 34.3 Å². The zero-order chi connectivity index (χ0) is 30.8. The predicted octanol–water partition coefficient (Wildman–Crippen LogP) is 6.24. The Kier molecular flexibility index (Phi) is 7.86. The molecule has 5 aromatic rings. The van der Waals surface area contributed by atoms with Crippen molar-refractivity contribution in [1.82, 2.24) is 5.32 Å². The van der Waals surface area contributed by atoms with Crippen molar-refractivity contribution in [3.8, 4) is 28.7 Å². The number of ether oxygens (including phenoxy) is 3. The minimum absolute atomic E-state index is 0.0371. The van der Waals surface area contributed by atoms with Crippen LogP contribution >= 0.6 is 0 Å². The topological polar surface area (TPSA) is 117 Å². The van der Waals surface area contributed by atoms with Crippen molar-refractivity contribution in [3.05, 3.63) is 125 Å². The monoisotopic (exact) mass is 591 g/mol. The third kappa shape index (κ3) is 5.41. The molecule has 44 heavy (non-hydrogen) atoms. The maximum absolute atomic E-state index is 12.5. The quantitative estimate of drug-likeness (QED) is 0.171. The van der Waals surface area contributed by atoms with Crippen LogP contribution in [0.3, 0.4) is 0 Å². The zero-order valence-electron chi connectivity index (χ0n) is 24.4. The van der Waals surface area contributed by atoms with Gasteiger partial charge < -0.3 is 34.8 Å². The van der Waals surface area contributed by atoms with Crippen LogP contribution < -0.4 is 14.8 Å². The van der Waals surface area contributed by atoms with Crippen molar-refractivity contribution in [3.63, 3.8) is 0 Å². The SMILES string of the molecule is CC(C)NCC(O)COc1cccc2ccccc12.O=C1OC2(c3ccc(O)cc3Oc3cc(O)ccc32)c2ccccc21. The molecular formula is C36H33NO7. The second-order valence-corrected chi connectivity index (χ2v) is 11.1. The molecule has 5 aromatic carbocycles. The van der Waals surface area contributed by atoms with Crippen LogP contribution in [-0.4, -0.2) is 46.6 Å². The molecule has 0 saturated carbocycles. The third-order valence-corrected chi connectivity index (χ3v) is 7.62. The molecule has 1 atom stereocenters. The number of carbonyl (C=O) groups is 1. The predicted molar refractivity (Wildman–Crippen MR) is 167 cm³/mol. The van der Waals surface area contributed by atoms with Gasteiger partial charge in [0.15, 0.2) is 5.60 Å². The van der Waals surface area contributed by atoms with Crippen LogP contribution in [0, 0.1) is 0 Å². The molecule has 0 aliphatic carbocycles. The Labute approximate surface area is 255 Å². The van der Waals surface area contributed by atoms with E-state index in [2.05, 4.69) is 31.3 Å². The molecule has 0 saturated heterocycles. The number of carbonyl (C=O) groups excluding carboxylic acids is 1. The summed E-state index contributed by atoms with van der Waals surface area (Å²) in [5.74, 6) is 1.23. The van der Waals surface area contributed by atoms with E-state index in [0.29, 0.717) is 52.9 Å². The number of phenolic OH excluding ortho intramolecular Hbond substituents is 2. The van der Waals surface area contributed by atoms with Crippen LogP contribution in [0.5, 0.6) is 28.7 Å². The molecule has 224 valence electrons. The molecule has 0 radical (unpaired) electrons. The van der Waals surface area contributed by atoms with E-state index in [1.165, 1.54) is 24.3 Å². The molecule has 0 amide bonds. The van der Waals surface area contributed by atoms with Crippen molar-refractivity contribution >= 4 is 16.7 Å². The molecule has 1 unspecified atom stereocenters. The first-order valence-electron chi connectivity index (χ1n) is 14.5. The number of aliphatic hydroxyl groups is 1. The molecule has 8 heteroatoms. The Morgan fingerprint density at radius 2 is 1.43 bits per heavy atom. The normalized spacial score (nSPS) is 14.5. The van der Waals surface area contributed by atoms with E-state index >= 15 is 0 Å². The summed E-state index contributed by atoms with van der Waals surface area (Å²) in [6, 6.07) is 31.0. The van der Waals surface area contributed by atoms with E-state index in [9.17, 15) is 20.1 Å². The molecule has 2 aliphatic rings. The lowest BCUT2D eigenvalue weighted by atomic mass is 9.77. The van der Waals surface area contributed by atoms with Crippen LogP contribution in [0.1, 0.15) is 40.9 Å². The zero-order valence-corrected chi connectivity index (χ0v) is 24.4. The van der Waals surface area contributed by atoms with E-state index in [0.717, 1.165) is 16.5 Å². The fourth-order valence-electron chi connectivity index (χ4n) is 5.59. The lowest BCUT2D eigenvalue weighted by molar-refractivity contribution is 0.0224. The highest BCUT2D eigenvalue weighted by molar-refractivity contribution is 5.97. The van der Waals surface area contributed by atoms with E-state index in [1.807, 2.05) is 42.5 Å². The Balaban J connectivity index is 0.000000163. The van der Waals surface area contributed by atoms with Crippen LogP contribution in [0.25, 0.3) is 10.8 Å². The minimum atomic E-state index is -1.17. The third-order valence-electron chi connectivity index (χ3n) is 7.62. The summed E-state index contributed by atoms with van der Waals surface area (Å²) >= 11 is 0. The summed E-state index contributed by atoms with van der Waals surface area (Å²) in [7, 11) is 0. The molecule has 0 aromatic heterocycles. The lowest BCUT2D eigenvalue weighted by Gasteiger charge is -2.36. The molecule has 0 bridgehead atoms. The van der Waals surface area contributed by atoms with E-state index in [-0.39, 0.29) is 11.5 Å². The Morgan fingerprint density at radius 1 is 0.795 bits per heavy atom. The highest BCUT2D eigenvalue weighted by Gasteiger charge is 2.53. The summed E-state index contributed by atoms with van der Waals surface area (Å²) in [6.45, 7) is 4.95. The van der Waals surface area contributed by atoms with Gasteiger partial charge in [0.25, 0.3) is 0 Å². The van der Waals surface area contributed by atoms with Gasteiger partial charge in [-0.15, -0.1) is 0 Å². The van der Waals surface area contributed by atoms with E-state index in [1.54, 1.807) is 24.3 Å². The van der Waals surface area contributed by atoms with E-state index < -0.39 is 17.7 Å². The van der Waals surface area contributed by atoms with Gasteiger partial charge in [-0.25, -0.2) is 4.79 Å². The Morgan fingerprint density at radius 3 is 2.14 bits per heavy atom. The van der Waals surface area contributed by atoms with Crippen LogP contribution in [-0.2, 0) is 10.3 Å². The summed E-state index contributed by atoms with van der Waals surface area (Å²) in [6.07, 6.45) is -0.499. The molecule has 0 fully saturated rings. The number of nitrogens with one attached hydrogen (secondary N) is 1. The standard InChI is InChI=1S/C20H12O5.C16H21NO2/c21-11-5-7-15-17(9-11)24-18-10-12(22)6-8-16(18)20(15)14-4-2-1-3-13(14)19(23)25-20;1-12(2)17-10-14(18)11-19-16-9-5-7-13-6-3-4-8-15(13)16/h1-10,21-22H;3-9,12,14,17-18H,10-11H2,1-2H3. The van der Waals surface area contributed by atoms with Gasteiger partial charge in [0, 0.05) is 46.8 Å². The highest BCUT2D eigenvalue weighted by atomic mass is 16.6. The Hall–Kier alpha value is -5.05. The van der Waals surface area contributed by atoms with Gasteiger partial charge in [-0.1, -0.05) is 68.4 Å². The average molecular weight is 592 g/mol. The van der Waals surface area contributed by atoms with Crippen LogP contribution in [0.15, 0.2) is 103 Å². The number of benzene rings is 5. The molecule has 8 nitrogen and oxygen atoms in total. The van der Waals surface area contributed by atoms with Crippen molar-refractivity contribution in [2.24, 2.45) is 0 Å². The van der Waals surface area contributed by atoms with Gasteiger partial charge in [-0.2, -0.15) is 0 Å². The van der Waals surface area contributed by atoms with Crippen molar-refractivity contribution in [2.75, 3.05) is 13.2 Å². The number of fused-ring (bicyclic) bond motifs is 7. The van der Waals surface area contributed by atoms with Gasteiger partial charge in [-0.3, -0.25) is 0 Å². The fourth-order valence-corrected chi connectivity index (χ4v) is 5.59. The number of phenols is 2. The molecule has 1 spiro atoms. The smallest absolute Gasteiger partial charge is 0.340 e. The number of rotatable bonds is 6. The van der Waals surface area contributed by atoms with Crippen molar-refractivity contribution in [2.45, 2.75) is 31.6 Å². The maximum atomic E-state index is 12.5. The summed E-state index contributed by atoms with van der Waals surface area (Å²) in [4.78, 5) is 12.5. The largest absolute Gasteiger partial charge is 0.508 e. The summed E-state index contributed by atoms with van der Waals surface area (Å²) in [5.41, 5.74) is 1.28. The van der Waals surface area contributed by atoms with Crippen molar-refractivity contribution in [1.29, 1.82) is 0 Å². The first-order valence-corrected chi connectivity index (χ1v) is 14.5. The Bertz CT molecular complexity index is 1780. The lowest BCUT2D eigenvalue weighted by Crippen LogP contribution is -2.35. The number of hydrogen-bond donors (Lipinski definition) is 4. The number of esters is 1. The number of hydrogen-bond acceptors (Lipinski definition) is 8.